The van der Waals surface area contributed by atoms with E-state index in [9.17, 15) is 0 Å². The van der Waals surface area contributed by atoms with Gasteiger partial charge in [-0.25, -0.2) is 0 Å². The fourth-order valence-corrected chi connectivity index (χ4v) is 22.7. The quantitative estimate of drug-likeness (QED) is 0.251. The van der Waals surface area contributed by atoms with E-state index in [1.807, 2.05) is 3.59 Å². The molecule has 0 aromatic heterocycles. The van der Waals surface area contributed by atoms with Crippen molar-refractivity contribution >= 4 is 26.7 Å². The molecule has 0 heterocycles. The predicted molar refractivity (Wildman–Crippen MR) is 124 cm³/mol. The van der Waals surface area contributed by atoms with Crippen LogP contribution in [0.25, 0.3) is 0 Å². The second kappa shape index (κ2) is 11.0. The molecule has 154 valence electrons. The van der Waals surface area contributed by atoms with E-state index >= 15 is 0 Å². The molecule has 1 aliphatic carbocycles. The van der Waals surface area contributed by atoms with E-state index in [2.05, 4.69) is 60.7 Å². The molecule has 0 saturated carbocycles. The molecule has 0 spiro atoms. The topological polar surface area (TPSA) is 9.23 Å². The van der Waals surface area contributed by atoms with E-state index in [0.29, 0.717) is 11.1 Å². The fraction of sp³-hybridized carbons (Fsp3) is 0.913. The van der Waals surface area contributed by atoms with E-state index in [4.69, 9.17) is 4.43 Å². The summed E-state index contributed by atoms with van der Waals surface area (Å²) in [7, 11) is -1.64. The Labute approximate surface area is 170 Å². The molecule has 0 aromatic rings. The van der Waals surface area contributed by atoms with Gasteiger partial charge in [-0.05, 0) is 0 Å². The first-order valence-electron chi connectivity index (χ1n) is 11.5. The van der Waals surface area contributed by atoms with Gasteiger partial charge in [0, 0.05) is 0 Å². The molecule has 1 aliphatic rings. The number of rotatable bonds is 12. The first-order chi connectivity index (χ1) is 12.1. The number of hydrogen-bond donors (Lipinski definition) is 0. The molecule has 1 atom stereocenters. The van der Waals surface area contributed by atoms with E-state index in [1.54, 1.807) is 13.3 Å². The molecular formula is C23H48OSiSn. The van der Waals surface area contributed by atoms with Gasteiger partial charge in [0.25, 0.3) is 0 Å². The summed E-state index contributed by atoms with van der Waals surface area (Å²) in [5.41, 5.74) is 0. The van der Waals surface area contributed by atoms with Gasteiger partial charge < -0.3 is 0 Å². The third-order valence-electron chi connectivity index (χ3n) is 7.05. The molecule has 0 N–H and O–H groups in total. The van der Waals surface area contributed by atoms with E-state index in [1.165, 1.54) is 51.4 Å². The summed E-state index contributed by atoms with van der Waals surface area (Å²) in [5, 5.41) is 0.322. The predicted octanol–water partition coefficient (Wildman–Crippen LogP) is 8.49. The second-order valence-electron chi connectivity index (χ2n) is 10.3. The summed E-state index contributed by atoms with van der Waals surface area (Å²) in [5.74, 6) is 0. The van der Waals surface area contributed by atoms with Crippen molar-refractivity contribution in [3.63, 3.8) is 0 Å². The molecule has 1 rings (SSSR count). The second-order valence-corrected chi connectivity index (χ2v) is 28.4. The maximum absolute atomic E-state index is 6.82. The van der Waals surface area contributed by atoms with E-state index in [-0.39, 0.29) is 0 Å². The zero-order chi connectivity index (χ0) is 19.8. The van der Waals surface area contributed by atoms with Gasteiger partial charge >= 0.3 is 171 Å². The maximum atomic E-state index is 6.82. The van der Waals surface area contributed by atoms with Gasteiger partial charge in [0.15, 0.2) is 0 Å². The van der Waals surface area contributed by atoms with Crippen LogP contribution >= 0.6 is 0 Å². The Balaban J connectivity index is 2.90. The summed E-state index contributed by atoms with van der Waals surface area (Å²) in [6, 6.07) is 0. The Bertz CT molecular complexity index is 414. The van der Waals surface area contributed by atoms with Gasteiger partial charge in [0.1, 0.15) is 0 Å². The summed E-state index contributed by atoms with van der Waals surface area (Å²) >= 11 is -2.19. The summed E-state index contributed by atoms with van der Waals surface area (Å²) in [6.45, 7) is 19.1. The minimum absolute atomic E-state index is 0.322. The molecule has 3 heteroatoms. The SMILES string of the molecule is CCC[CH2][Sn]([CH2]CCC)([CH2]CCC)[C]1=CC[C@H](O[Si](C)(C)C(C)(C)C)C1. The van der Waals surface area contributed by atoms with Crippen LogP contribution in [0, 0.1) is 0 Å². The molecule has 1 nitrogen and oxygen atoms in total. The van der Waals surface area contributed by atoms with Gasteiger partial charge in [-0.3, -0.25) is 0 Å². The molecule has 0 radical (unpaired) electrons. The number of hydrogen-bond acceptors (Lipinski definition) is 1. The van der Waals surface area contributed by atoms with Gasteiger partial charge in [-0.2, -0.15) is 0 Å². The van der Waals surface area contributed by atoms with Gasteiger partial charge in [0.05, 0.1) is 0 Å². The van der Waals surface area contributed by atoms with Crippen molar-refractivity contribution in [2.75, 3.05) is 0 Å². The zero-order valence-electron chi connectivity index (χ0n) is 19.3. The third-order valence-corrected chi connectivity index (χ3v) is 27.9. The summed E-state index contributed by atoms with van der Waals surface area (Å²) in [4.78, 5) is 0. The van der Waals surface area contributed by atoms with Crippen LogP contribution in [0.15, 0.2) is 9.67 Å². The first-order valence-corrected chi connectivity index (χ1v) is 21.9. The van der Waals surface area contributed by atoms with Crippen LogP contribution in [0.4, 0.5) is 0 Å². The molecule has 0 bridgehead atoms. The van der Waals surface area contributed by atoms with Crippen LogP contribution in [-0.2, 0) is 4.43 Å². The van der Waals surface area contributed by atoms with Crippen molar-refractivity contribution in [2.24, 2.45) is 0 Å². The van der Waals surface area contributed by atoms with Crippen LogP contribution in [0.5, 0.6) is 0 Å². The molecule has 0 unspecified atom stereocenters. The molecular weight excluding hydrogens is 439 g/mol. The summed E-state index contributed by atoms with van der Waals surface area (Å²) in [6.07, 6.45) is 14.2. The van der Waals surface area contributed by atoms with Crippen molar-refractivity contribution < 1.29 is 4.43 Å². The monoisotopic (exact) mass is 488 g/mol. The van der Waals surface area contributed by atoms with Crippen LogP contribution in [-0.4, -0.2) is 32.8 Å². The minimum atomic E-state index is -2.19. The first kappa shape index (κ1) is 24.8. The molecule has 26 heavy (non-hydrogen) atoms. The Hall–Kier alpha value is 0.716. The van der Waals surface area contributed by atoms with Gasteiger partial charge in [0.2, 0.25) is 0 Å². The molecule has 0 saturated heterocycles. The molecule has 0 fully saturated rings. The van der Waals surface area contributed by atoms with Gasteiger partial charge in [-0.1, -0.05) is 0 Å². The van der Waals surface area contributed by atoms with Crippen LogP contribution in [0.3, 0.4) is 0 Å². The van der Waals surface area contributed by atoms with Crippen molar-refractivity contribution in [3.05, 3.63) is 9.67 Å². The van der Waals surface area contributed by atoms with Crippen molar-refractivity contribution in [1.82, 2.24) is 0 Å². The average Bonchev–Trinajstić information content (AvgIpc) is 3.02. The Morgan fingerprint density at radius 2 is 1.42 bits per heavy atom. The molecule has 0 amide bonds. The molecule has 0 aromatic carbocycles. The molecule has 0 aliphatic heterocycles. The Morgan fingerprint density at radius 3 is 1.81 bits per heavy atom. The third kappa shape index (κ3) is 6.95. The standard InChI is InChI=1S/C11H21OSi.3C4H9.Sn/c1-11(2,3)13(4,5)12-10-8-6-7-9-10;3*1-3-4-2;/h6,10H,8-9H2,1-5H3;3*1,3-4H2,2H3;/t10-;;;;/m0..../s1. The number of unbranched alkanes of at least 4 members (excludes halogenated alkanes) is 3. The van der Waals surface area contributed by atoms with Crippen molar-refractivity contribution in [2.45, 2.75) is 130 Å². The van der Waals surface area contributed by atoms with E-state index < -0.39 is 26.7 Å². The summed E-state index contributed by atoms with van der Waals surface area (Å²) < 4.78 is 13.6. The van der Waals surface area contributed by atoms with E-state index in [0.717, 1.165) is 0 Å². The Morgan fingerprint density at radius 1 is 0.962 bits per heavy atom. The average molecular weight is 487 g/mol. The Kier molecular flexibility index (Phi) is 10.5. The van der Waals surface area contributed by atoms with Crippen molar-refractivity contribution in [1.29, 1.82) is 0 Å². The van der Waals surface area contributed by atoms with Gasteiger partial charge in [-0.15, -0.1) is 0 Å². The zero-order valence-corrected chi connectivity index (χ0v) is 23.2. The fourth-order valence-electron chi connectivity index (χ4n) is 4.20. The normalized spacial score (nSPS) is 19.1. The van der Waals surface area contributed by atoms with Crippen LogP contribution in [0.2, 0.25) is 31.4 Å². The van der Waals surface area contributed by atoms with Crippen molar-refractivity contribution in [3.8, 4) is 0 Å². The van der Waals surface area contributed by atoms with Crippen LogP contribution < -0.4 is 0 Å². The van der Waals surface area contributed by atoms with Crippen LogP contribution in [0.1, 0.15) is 92.9 Å².